The zero-order chi connectivity index (χ0) is 23.4. The van der Waals surface area contributed by atoms with Gasteiger partial charge in [-0.3, -0.25) is 4.79 Å². The van der Waals surface area contributed by atoms with Crippen LogP contribution in [0, 0.1) is 9.49 Å². The molecule has 2 N–H and O–H groups in total. The van der Waals surface area contributed by atoms with Crippen molar-refractivity contribution >= 4 is 51.4 Å². The molecule has 1 fully saturated rings. The second-order valence-corrected chi connectivity index (χ2v) is 11.0. The fourth-order valence-corrected chi connectivity index (χ4v) is 6.50. The third-order valence-corrected chi connectivity index (χ3v) is 8.03. The van der Waals surface area contributed by atoms with E-state index in [1.54, 1.807) is 18.3 Å². The highest BCUT2D eigenvalue weighted by molar-refractivity contribution is 14.1. The van der Waals surface area contributed by atoms with Gasteiger partial charge in [0.25, 0.3) is 0 Å². The van der Waals surface area contributed by atoms with Crippen molar-refractivity contribution in [2.75, 3.05) is 0 Å². The van der Waals surface area contributed by atoms with E-state index in [0.29, 0.717) is 12.0 Å². The molecule has 0 aliphatic carbocycles. The van der Waals surface area contributed by atoms with Gasteiger partial charge < -0.3 is 15.1 Å². The van der Waals surface area contributed by atoms with Gasteiger partial charge >= 0.3 is 5.97 Å². The molecule has 1 aromatic carbocycles. The Morgan fingerprint density at radius 3 is 2.73 bits per heavy atom. The number of hydrogen-bond donors (Lipinski definition) is 2. The van der Waals surface area contributed by atoms with E-state index >= 15 is 0 Å². The van der Waals surface area contributed by atoms with Crippen LogP contribution in [0.1, 0.15) is 23.8 Å². The van der Waals surface area contributed by atoms with Gasteiger partial charge in [-0.25, -0.2) is 13.9 Å². The molecule has 0 radical (unpaired) electrons. The summed E-state index contributed by atoms with van der Waals surface area (Å²) in [5, 5.41) is 19.9. The summed E-state index contributed by atoms with van der Waals surface area (Å²) in [6.45, 7) is 2.38. The Morgan fingerprint density at radius 1 is 1.30 bits per heavy atom. The van der Waals surface area contributed by atoms with Gasteiger partial charge in [0.15, 0.2) is 0 Å². The number of amides is 1. The van der Waals surface area contributed by atoms with Crippen LogP contribution in [0.25, 0.3) is 16.0 Å². The molecule has 170 valence electrons. The number of aromatic nitrogens is 2. The Bertz CT molecular complexity index is 1310. The summed E-state index contributed by atoms with van der Waals surface area (Å²) in [6.07, 6.45) is 5.71. The van der Waals surface area contributed by atoms with E-state index in [4.69, 9.17) is 0 Å². The number of β-lactam (4-membered cyclic amide) rings is 1. The second kappa shape index (κ2) is 8.37. The van der Waals surface area contributed by atoms with E-state index in [-0.39, 0.29) is 17.6 Å². The number of aliphatic carboxylic acids is 1. The lowest BCUT2D eigenvalue weighted by Crippen LogP contribution is -2.61. The molecule has 7 nitrogen and oxygen atoms in total. The first-order valence-electron chi connectivity index (χ1n) is 10.6. The lowest BCUT2D eigenvalue weighted by molar-refractivity contribution is -0.671. The van der Waals surface area contributed by atoms with Gasteiger partial charge in [-0.05, 0) is 83.0 Å². The second-order valence-electron chi connectivity index (χ2n) is 8.62. The number of carboxylic acid groups (broad SMARTS) is 1. The summed E-state index contributed by atoms with van der Waals surface area (Å²) in [7, 11) is 1.99. The van der Waals surface area contributed by atoms with Gasteiger partial charge in [0.2, 0.25) is 12.2 Å². The maximum atomic E-state index is 12.6. The molecule has 1 amide bonds. The Hall–Kier alpha value is -2.50. The van der Waals surface area contributed by atoms with Crippen LogP contribution in [0.2, 0.25) is 0 Å². The highest BCUT2D eigenvalue weighted by Gasteiger charge is 2.56. The highest BCUT2D eigenvalue weighted by Crippen LogP contribution is 2.47. The number of imidazole rings is 1. The number of halogens is 1. The largest absolute Gasteiger partial charge is 0.477 e. The Kier molecular flexibility index (Phi) is 5.66. The average Bonchev–Trinajstić information content (AvgIpc) is 3.45. The predicted octanol–water partition coefficient (Wildman–Crippen LogP) is 3.10. The number of hydrogen-bond acceptors (Lipinski definition) is 4. The molecular formula is C24H23IN3O4S+. The number of rotatable bonds is 6. The van der Waals surface area contributed by atoms with Crippen LogP contribution in [0.4, 0.5) is 0 Å². The number of aliphatic hydroxyl groups excluding tert-OH is 1. The summed E-state index contributed by atoms with van der Waals surface area (Å²) < 4.78 is 5.13. The Morgan fingerprint density at radius 2 is 2.06 bits per heavy atom. The van der Waals surface area contributed by atoms with Crippen LogP contribution >= 0.6 is 33.9 Å². The van der Waals surface area contributed by atoms with Crippen molar-refractivity contribution < 1.29 is 24.4 Å². The van der Waals surface area contributed by atoms with Crippen LogP contribution in [-0.2, 0) is 23.2 Å². The van der Waals surface area contributed by atoms with Crippen molar-refractivity contribution in [1.82, 2.24) is 9.47 Å². The van der Waals surface area contributed by atoms with E-state index in [2.05, 4.69) is 45.4 Å². The lowest BCUT2D eigenvalue weighted by atomic mass is 9.82. The topological polar surface area (TPSA) is 86.7 Å². The molecule has 3 aromatic rings. The van der Waals surface area contributed by atoms with Crippen molar-refractivity contribution in [3.8, 4) is 10.4 Å². The fraction of sp³-hybridized carbons (Fsp3) is 0.292. The summed E-state index contributed by atoms with van der Waals surface area (Å²) in [5.74, 6) is -1.97. The van der Waals surface area contributed by atoms with Crippen LogP contribution < -0.4 is 4.57 Å². The molecule has 2 aliphatic heterocycles. The number of carbonyl (C=O) groups is 2. The number of nitrogens with zero attached hydrogens (tertiary/aromatic N) is 3. The monoisotopic (exact) mass is 576 g/mol. The third-order valence-electron chi connectivity index (χ3n) is 6.29. The SMILES string of the molecule is C[C@@H](O)[C@H]1C(=O)N2C(C(=O)O)=C(c3cc(I)cc(-c4ccc(Cn5cc[n+](C)c5)s4)c3)C[C@H]12. The summed E-state index contributed by atoms with van der Waals surface area (Å²) in [5.41, 5.74) is 2.53. The van der Waals surface area contributed by atoms with Gasteiger partial charge in [0.05, 0.1) is 25.1 Å². The molecule has 4 heterocycles. The standard InChI is InChI=1S/C24H22IN3O4S/c1-13(29)21-19-10-18(22(24(31)32)28(19)23(21)30)14-7-15(9-16(25)8-14)20-4-3-17(33-20)11-27-6-5-26(2)12-27/h3-9,12-13,19,21,29H,10-11H2,1-2H3/p+1/t13-,19-,21-/m1/s1. The zero-order valence-corrected chi connectivity index (χ0v) is 21.1. The third kappa shape index (κ3) is 3.91. The van der Waals surface area contributed by atoms with E-state index < -0.39 is 18.0 Å². The van der Waals surface area contributed by atoms with Crippen molar-refractivity contribution in [3.63, 3.8) is 0 Å². The molecule has 5 rings (SSSR count). The predicted molar refractivity (Wildman–Crippen MR) is 132 cm³/mol. The van der Waals surface area contributed by atoms with Crippen LogP contribution in [0.5, 0.6) is 0 Å². The summed E-state index contributed by atoms with van der Waals surface area (Å²) in [4.78, 5) is 28.3. The number of aliphatic hydroxyl groups is 1. The molecule has 9 heteroatoms. The number of aryl methyl sites for hydroxylation is 1. The molecule has 1 saturated heterocycles. The number of benzene rings is 1. The molecule has 0 unspecified atom stereocenters. The number of thiophene rings is 1. The maximum Gasteiger partial charge on any atom is 0.352 e. The van der Waals surface area contributed by atoms with E-state index in [9.17, 15) is 19.8 Å². The molecule has 0 saturated carbocycles. The molecule has 33 heavy (non-hydrogen) atoms. The first-order valence-corrected chi connectivity index (χ1v) is 12.5. The van der Waals surface area contributed by atoms with Gasteiger partial charge in [-0.1, -0.05) is 0 Å². The minimum atomic E-state index is -1.11. The first-order chi connectivity index (χ1) is 15.7. The first kappa shape index (κ1) is 22.3. The van der Waals surface area contributed by atoms with Gasteiger partial charge in [0, 0.05) is 13.3 Å². The molecule has 0 spiro atoms. The average molecular weight is 576 g/mol. The van der Waals surface area contributed by atoms with Crippen LogP contribution in [-0.4, -0.2) is 43.7 Å². The van der Waals surface area contributed by atoms with E-state index in [1.165, 1.54) is 9.78 Å². The molecule has 3 atom stereocenters. The molecule has 0 bridgehead atoms. The molecule has 2 aliphatic rings. The van der Waals surface area contributed by atoms with E-state index in [0.717, 1.165) is 26.1 Å². The minimum Gasteiger partial charge on any atom is -0.477 e. The van der Waals surface area contributed by atoms with Crippen molar-refractivity contribution in [2.45, 2.75) is 32.0 Å². The molecule has 2 aromatic heterocycles. The van der Waals surface area contributed by atoms with Gasteiger partial charge in [-0.15, -0.1) is 11.3 Å². The normalized spacial score (nSPS) is 20.7. The van der Waals surface area contributed by atoms with Crippen molar-refractivity contribution in [3.05, 3.63) is 68.8 Å². The van der Waals surface area contributed by atoms with Gasteiger partial charge in [0.1, 0.15) is 24.6 Å². The fourth-order valence-electron chi connectivity index (χ4n) is 4.83. The van der Waals surface area contributed by atoms with Gasteiger partial charge in [-0.2, -0.15) is 0 Å². The quantitative estimate of drug-likeness (QED) is 0.269. The summed E-state index contributed by atoms with van der Waals surface area (Å²) >= 11 is 3.96. The van der Waals surface area contributed by atoms with Crippen molar-refractivity contribution in [1.29, 1.82) is 0 Å². The number of carbonyl (C=O) groups excluding carboxylic acids is 1. The highest BCUT2D eigenvalue weighted by atomic mass is 127. The Balaban J connectivity index is 1.48. The zero-order valence-electron chi connectivity index (χ0n) is 18.1. The Labute approximate surface area is 208 Å². The number of carboxylic acids is 1. The van der Waals surface area contributed by atoms with Crippen molar-refractivity contribution in [2.24, 2.45) is 13.0 Å². The van der Waals surface area contributed by atoms with Crippen LogP contribution in [0.15, 0.2) is 54.7 Å². The van der Waals surface area contributed by atoms with E-state index in [1.807, 2.05) is 42.5 Å². The maximum absolute atomic E-state index is 12.6. The smallest absolute Gasteiger partial charge is 0.352 e. The minimum absolute atomic E-state index is 0.0437. The summed E-state index contributed by atoms with van der Waals surface area (Å²) in [6, 6.07) is 9.99. The number of fused-ring (bicyclic) bond motifs is 1. The molecular weight excluding hydrogens is 553 g/mol. The lowest BCUT2D eigenvalue weighted by Gasteiger charge is -2.44. The van der Waals surface area contributed by atoms with Crippen LogP contribution in [0.3, 0.4) is 0 Å².